The van der Waals surface area contributed by atoms with E-state index in [9.17, 15) is 24.5 Å². The Balaban J connectivity index is 1.67. The van der Waals surface area contributed by atoms with Crippen LogP contribution < -0.4 is 5.32 Å². The van der Waals surface area contributed by atoms with E-state index >= 15 is 0 Å². The highest BCUT2D eigenvalue weighted by molar-refractivity contribution is 6.33. The number of carbonyl (C=O) groups excluding carboxylic acids is 3. The van der Waals surface area contributed by atoms with Crippen LogP contribution in [0.25, 0.3) is 11.3 Å². The fourth-order valence-corrected chi connectivity index (χ4v) is 2.92. The number of carbonyl (C=O) groups is 3. The Morgan fingerprint density at radius 2 is 1.84 bits per heavy atom. The highest BCUT2D eigenvalue weighted by atomic mass is 35.5. The minimum Gasteiger partial charge on any atom is -0.453 e. The van der Waals surface area contributed by atoms with Gasteiger partial charge in [0.2, 0.25) is 0 Å². The average Bonchev–Trinajstić information content (AvgIpc) is 3.23. The second-order valence-electron chi connectivity index (χ2n) is 6.06. The fraction of sp³-hybridized carbons (Fsp3) is 0.0500. The van der Waals surface area contributed by atoms with Gasteiger partial charge in [-0.1, -0.05) is 23.2 Å². The van der Waals surface area contributed by atoms with Crippen LogP contribution in [0.3, 0.4) is 0 Å². The van der Waals surface area contributed by atoms with Gasteiger partial charge in [-0.05, 0) is 42.5 Å². The van der Waals surface area contributed by atoms with Gasteiger partial charge < -0.3 is 14.5 Å². The molecule has 11 heteroatoms. The molecule has 0 aliphatic carbocycles. The van der Waals surface area contributed by atoms with Crippen molar-refractivity contribution < 1.29 is 28.5 Å². The molecule has 9 nitrogen and oxygen atoms in total. The van der Waals surface area contributed by atoms with Gasteiger partial charge in [-0.15, -0.1) is 0 Å². The number of rotatable bonds is 7. The summed E-state index contributed by atoms with van der Waals surface area (Å²) >= 11 is 11.8. The molecule has 1 aromatic heterocycles. The quantitative estimate of drug-likeness (QED) is 0.231. The molecule has 1 N–H and O–H groups in total. The van der Waals surface area contributed by atoms with Crippen molar-refractivity contribution in [3.8, 4) is 11.3 Å². The number of nitrogens with zero attached hydrogens (tertiary/aromatic N) is 1. The van der Waals surface area contributed by atoms with E-state index < -0.39 is 23.4 Å². The van der Waals surface area contributed by atoms with Crippen LogP contribution in [0.15, 0.2) is 52.9 Å². The highest BCUT2D eigenvalue weighted by Gasteiger charge is 2.18. The number of amides is 1. The van der Waals surface area contributed by atoms with Crippen LogP contribution in [-0.4, -0.2) is 29.7 Å². The van der Waals surface area contributed by atoms with Crippen LogP contribution in [0.4, 0.5) is 11.4 Å². The summed E-state index contributed by atoms with van der Waals surface area (Å²) in [5.74, 6) is -1.13. The van der Waals surface area contributed by atoms with Crippen LogP contribution in [0, 0.1) is 10.1 Å². The van der Waals surface area contributed by atoms with Gasteiger partial charge >= 0.3 is 5.97 Å². The zero-order valence-electron chi connectivity index (χ0n) is 15.5. The average molecular weight is 463 g/mol. The zero-order chi connectivity index (χ0) is 22.5. The second-order valence-corrected chi connectivity index (χ2v) is 6.88. The van der Waals surface area contributed by atoms with Crippen molar-refractivity contribution in [1.29, 1.82) is 0 Å². The number of aldehydes is 1. The molecular weight excluding hydrogens is 451 g/mol. The molecule has 0 spiro atoms. The molecule has 158 valence electrons. The standard InChI is InChI=1S/C20H12Cl2N2O7/c21-15-4-1-11(18-6-3-13(9-25)31-18)7-14(15)20(27)30-10-19(26)23-12-2-5-16(22)17(8-12)24(28)29/h1-9H,10H2,(H,23,26). The number of halogens is 2. The monoisotopic (exact) mass is 462 g/mol. The zero-order valence-corrected chi connectivity index (χ0v) is 17.0. The van der Waals surface area contributed by atoms with E-state index in [0.29, 0.717) is 17.6 Å². The first kappa shape index (κ1) is 22.0. The summed E-state index contributed by atoms with van der Waals surface area (Å²) in [5.41, 5.74) is 0.192. The largest absolute Gasteiger partial charge is 0.453 e. The molecule has 0 bridgehead atoms. The number of furan rings is 1. The third kappa shape index (κ3) is 5.27. The predicted molar refractivity (Wildman–Crippen MR) is 112 cm³/mol. The number of hydrogen-bond donors (Lipinski definition) is 1. The lowest BCUT2D eigenvalue weighted by Gasteiger charge is -2.09. The smallest absolute Gasteiger partial charge is 0.340 e. The summed E-state index contributed by atoms with van der Waals surface area (Å²) in [5, 5.41) is 13.3. The maximum Gasteiger partial charge on any atom is 0.340 e. The maximum atomic E-state index is 12.4. The number of nitro benzene ring substituents is 1. The number of ether oxygens (including phenoxy) is 1. The van der Waals surface area contributed by atoms with Crippen molar-refractivity contribution in [3.63, 3.8) is 0 Å². The van der Waals surface area contributed by atoms with Crippen molar-refractivity contribution in [1.82, 2.24) is 0 Å². The van der Waals surface area contributed by atoms with E-state index in [1.807, 2.05) is 0 Å². The molecular formula is C20H12Cl2N2O7. The van der Waals surface area contributed by atoms with Gasteiger partial charge in [-0.25, -0.2) is 4.79 Å². The molecule has 0 atom stereocenters. The van der Waals surface area contributed by atoms with Gasteiger partial charge in [-0.2, -0.15) is 0 Å². The van der Waals surface area contributed by atoms with Crippen LogP contribution in [0.5, 0.6) is 0 Å². The Morgan fingerprint density at radius 3 is 2.52 bits per heavy atom. The molecule has 1 amide bonds. The van der Waals surface area contributed by atoms with Crippen LogP contribution >= 0.6 is 23.2 Å². The van der Waals surface area contributed by atoms with Gasteiger partial charge in [0.15, 0.2) is 18.7 Å². The SMILES string of the molecule is O=Cc1ccc(-c2ccc(Cl)c(C(=O)OCC(=O)Nc3ccc(Cl)c([N+](=O)[O-])c3)c2)o1. The summed E-state index contributed by atoms with van der Waals surface area (Å²) in [4.78, 5) is 45.4. The summed E-state index contributed by atoms with van der Waals surface area (Å²) in [7, 11) is 0. The summed E-state index contributed by atoms with van der Waals surface area (Å²) in [6, 6.07) is 11.2. The molecule has 0 radical (unpaired) electrons. The topological polar surface area (TPSA) is 129 Å². The maximum absolute atomic E-state index is 12.4. The van der Waals surface area contributed by atoms with Crippen LogP contribution in [0.1, 0.15) is 20.9 Å². The Bertz CT molecular complexity index is 1190. The number of benzene rings is 2. The first-order valence-corrected chi connectivity index (χ1v) is 9.30. The number of esters is 1. The minimum atomic E-state index is -0.869. The van der Waals surface area contributed by atoms with E-state index in [2.05, 4.69) is 5.32 Å². The van der Waals surface area contributed by atoms with E-state index in [-0.39, 0.29) is 32.7 Å². The summed E-state index contributed by atoms with van der Waals surface area (Å²) in [6.45, 7) is -0.661. The fourth-order valence-electron chi connectivity index (χ4n) is 2.54. The third-order valence-electron chi connectivity index (χ3n) is 3.97. The molecule has 0 aliphatic heterocycles. The number of nitro groups is 1. The normalized spacial score (nSPS) is 10.4. The van der Waals surface area contributed by atoms with E-state index in [1.165, 1.54) is 30.3 Å². The van der Waals surface area contributed by atoms with Gasteiger partial charge in [-0.3, -0.25) is 19.7 Å². The molecule has 0 saturated heterocycles. The number of nitrogens with one attached hydrogen (secondary N) is 1. The Kier molecular flexibility index (Phi) is 6.68. The minimum absolute atomic E-state index is 0.0156. The Hall–Kier alpha value is -3.69. The molecule has 0 saturated carbocycles. The number of hydrogen-bond acceptors (Lipinski definition) is 7. The van der Waals surface area contributed by atoms with Crippen molar-refractivity contribution in [2.24, 2.45) is 0 Å². The highest BCUT2D eigenvalue weighted by Crippen LogP contribution is 2.28. The van der Waals surface area contributed by atoms with Crippen molar-refractivity contribution in [2.75, 3.05) is 11.9 Å². The third-order valence-corrected chi connectivity index (χ3v) is 4.62. The lowest BCUT2D eigenvalue weighted by atomic mass is 10.1. The first-order chi connectivity index (χ1) is 14.8. The molecule has 31 heavy (non-hydrogen) atoms. The first-order valence-electron chi connectivity index (χ1n) is 8.54. The lowest BCUT2D eigenvalue weighted by Crippen LogP contribution is -2.21. The van der Waals surface area contributed by atoms with Crippen molar-refractivity contribution in [2.45, 2.75) is 0 Å². The molecule has 3 rings (SSSR count). The molecule has 3 aromatic rings. The number of anilines is 1. The van der Waals surface area contributed by atoms with Crippen molar-refractivity contribution >= 4 is 52.7 Å². The Morgan fingerprint density at radius 1 is 1.10 bits per heavy atom. The Labute approximate surface area is 184 Å². The van der Waals surface area contributed by atoms with Gasteiger partial charge in [0, 0.05) is 17.3 Å². The molecule has 0 unspecified atom stereocenters. The molecule has 0 fully saturated rings. The van der Waals surface area contributed by atoms with Gasteiger partial charge in [0.05, 0.1) is 15.5 Å². The van der Waals surface area contributed by atoms with Crippen molar-refractivity contribution in [3.05, 3.63) is 80.0 Å². The molecule has 1 heterocycles. The van der Waals surface area contributed by atoms with Crippen LogP contribution in [0.2, 0.25) is 10.0 Å². The lowest BCUT2D eigenvalue weighted by molar-refractivity contribution is -0.384. The predicted octanol–water partition coefficient (Wildman–Crippen LogP) is 4.77. The van der Waals surface area contributed by atoms with Gasteiger partial charge in [0.25, 0.3) is 11.6 Å². The van der Waals surface area contributed by atoms with Crippen LogP contribution in [-0.2, 0) is 9.53 Å². The van der Waals surface area contributed by atoms with E-state index in [0.717, 1.165) is 6.07 Å². The van der Waals surface area contributed by atoms with E-state index in [1.54, 1.807) is 12.1 Å². The van der Waals surface area contributed by atoms with Gasteiger partial charge in [0.1, 0.15) is 10.8 Å². The summed E-state index contributed by atoms with van der Waals surface area (Å²) in [6.07, 6.45) is 0.544. The molecule has 2 aromatic carbocycles. The molecule has 0 aliphatic rings. The van der Waals surface area contributed by atoms with E-state index in [4.69, 9.17) is 32.4 Å². The summed E-state index contributed by atoms with van der Waals surface area (Å²) < 4.78 is 10.3. The second kappa shape index (κ2) is 9.41.